The van der Waals surface area contributed by atoms with Crippen molar-refractivity contribution in [2.75, 3.05) is 5.73 Å². The van der Waals surface area contributed by atoms with E-state index in [9.17, 15) is 18.0 Å². The van der Waals surface area contributed by atoms with Crippen LogP contribution in [0, 0.1) is 17.5 Å². The van der Waals surface area contributed by atoms with Gasteiger partial charge in [-0.15, -0.1) is 0 Å². The number of fused-ring (bicyclic) bond motifs is 1. The average molecular weight is 383 g/mol. The van der Waals surface area contributed by atoms with Crippen molar-refractivity contribution in [1.82, 2.24) is 9.13 Å². The third-order valence-corrected chi connectivity index (χ3v) is 4.67. The van der Waals surface area contributed by atoms with Crippen molar-refractivity contribution in [2.45, 2.75) is 13.1 Å². The van der Waals surface area contributed by atoms with Crippen LogP contribution >= 0.6 is 0 Å². The second-order valence-corrected chi connectivity index (χ2v) is 6.56. The van der Waals surface area contributed by atoms with Crippen LogP contribution in [0.1, 0.15) is 11.3 Å². The second kappa shape index (κ2) is 6.92. The van der Waals surface area contributed by atoms with Crippen LogP contribution in [0.4, 0.5) is 18.9 Å². The molecule has 4 aromatic rings. The Balaban J connectivity index is 1.84. The average Bonchev–Trinajstić information content (AvgIpc) is 2.97. The Kier molecular flexibility index (Phi) is 4.43. The molecular formula is C21H16F3N3O. The minimum Gasteiger partial charge on any atom is -0.394 e. The van der Waals surface area contributed by atoms with E-state index in [1.807, 2.05) is 0 Å². The number of anilines is 1. The maximum atomic E-state index is 14.2. The first-order chi connectivity index (χ1) is 13.4. The van der Waals surface area contributed by atoms with Crippen molar-refractivity contribution in [2.24, 2.45) is 0 Å². The molecule has 7 heteroatoms. The highest BCUT2D eigenvalue weighted by Crippen LogP contribution is 2.24. The molecule has 0 radical (unpaired) electrons. The van der Waals surface area contributed by atoms with Crippen LogP contribution in [0.15, 0.2) is 65.6 Å². The minimum atomic E-state index is -0.670. The molecule has 2 aromatic heterocycles. The SMILES string of the molecule is Nc1cccn(Cc2cc3cc(F)ccc3n2Cc2ccc(F)cc2F)c1=O. The van der Waals surface area contributed by atoms with E-state index in [1.165, 1.54) is 34.9 Å². The smallest absolute Gasteiger partial charge is 0.274 e. The summed E-state index contributed by atoms with van der Waals surface area (Å²) in [6.07, 6.45) is 1.60. The zero-order valence-corrected chi connectivity index (χ0v) is 14.7. The molecule has 0 atom stereocenters. The number of hydrogen-bond acceptors (Lipinski definition) is 2. The molecule has 0 aliphatic heterocycles. The highest BCUT2D eigenvalue weighted by Gasteiger charge is 2.14. The van der Waals surface area contributed by atoms with Crippen molar-refractivity contribution in [1.29, 1.82) is 0 Å². The molecular weight excluding hydrogens is 367 g/mol. The predicted molar refractivity (Wildman–Crippen MR) is 102 cm³/mol. The fraction of sp³-hybridized carbons (Fsp3) is 0.0952. The van der Waals surface area contributed by atoms with E-state index in [1.54, 1.807) is 29.0 Å². The molecule has 2 heterocycles. The Hall–Kier alpha value is -3.48. The number of nitrogens with zero attached hydrogens (tertiary/aromatic N) is 2. The van der Waals surface area contributed by atoms with E-state index < -0.39 is 17.5 Å². The molecule has 0 saturated heterocycles. The van der Waals surface area contributed by atoms with Gasteiger partial charge in [0.15, 0.2) is 0 Å². The van der Waals surface area contributed by atoms with Gasteiger partial charge >= 0.3 is 0 Å². The molecule has 2 aromatic carbocycles. The van der Waals surface area contributed by atoms with Gasteiger partial charge in [-0.3, -0.25) is 4.79 Å². The maximum absolute atomic E-state index is 14.2. The molecule has 0 aliphatic carbocycles. The number of rotatable bonds is 4. The molecule has 4 nitrogen and oxygen atoms in total. The first kappa shape index (κ1) is 17.9. The first-order valence-electron chi connectivity index (χ1n) is 8.59. The molecule has 0 saturated carbocycles. The number of pyridine rings is 1. The van der Waals surface area contributed by atoms with Crippen LogP contribution in [0.5, 0.6) is 0 Å². The lowest BCUT2D eigenvalue weighted by atomic mass is 10.2. The van der Waals surface area contributed by atoms with Gasteiger partial charge < -0.3 is 14.9 Å². The Labute approximate surface area is 158 Å². The van der Waals surface area contributed by atoms with Crippen LogP contribution in [0.2, 0.25) is 0 Å². The van der Waals surface area contributed by atoms with Crippen molar-refractivity contribution < 1.29 is 13.2 Å². The highest BCUT2D eigenvalue weighted by molar-refractivity contribution is 5.81. The molecule has 142 valence electrons. The van der Waals surface area contributed by atoms with Crippen LogP contribution < -0.4 is 11.3 Å². The fourth-order valence-electron chi connectivity index (χ4n) is 3.29. The van der Waals surface area contributed by atoms with Gasteiger partial charge in [0.2, 0.25) is 0 Å². The number of nitrogen functional groups attached to an aromatic ring is 1. The third kappa shape index (κ3) is 3.26. The quantitative estimate of drug-likeness (QED) is 0.581. The summed E-state index contributed by atoms with van der Waals surface area (Å²) >= 11 is 0. The van der Waals surface area contributed by atoms with Crippen LogP contribution in [-0.4, -0.2) is 9.13 Å². The second-order valence-electron chi connectivity index (χ2n) is 6.56. The summed E-state index contributed by atoms with van der Waals surface area (Å²) in [7, 11) is 0. The van der Waals surface area contributed by atoms with Crippen LogP contribution in [-0.2, 0) is 13.1 Å². The lowest BCUT2D eigenvalue weighted by Crippen LogP contribution is -2.23. The van der Waals surface area contributed by atoms with Gasteiger partial charge in [-0.1, -0.05) is 6.07 Å². The van der Waals surface area contributed by atoms with Gasteiger partial charge in [-0.25, -0.2) is 13.2 Å². The Bertz CT molecular complexity index is 1240. The van der Waals surface area contributed by atoms with E-state index in [2.05, 4.69) is 0 Å². The number of nitrogens with two attached hydrogens (primary N) is 1. The van der Waals surface area contributed by atoms with Gasteiger partial charge in [0.25, 0.3) is 5.56 Å². The third-order valence-electron chi connectivity index (χ3n) is 4.67. The first-order valence-corrected chi connectivity index (χ1v) is 8.59. The van der Waals surface area contributed by atoms with Gasteiger partial charge in [0.1, 0.15) is 17.5 Å². The summed E-state index contributed by atoms with van der Waals surface area (Å²) in [6.45, 7) is 0.274. The summed E-state index contributed by atoms with van der Waals surface area (Å²) < 4.78 is 44.3. The van der Waals surface area contributed by atoms with E-state index in [0.29, 0.717) is 16.6 Å². The summed E-state index contributed by atoms with van der Waals surface area (Å²) in [5, 5.41) is 0.620. The van der Waals surface area contributed by atoms with E-state index in [-0.39, 0.29) is 29.9 Å². The number of benzene rings is 2. The number of hydrogen-bond donors (Lipinski definition) is 1. The Morgan fingerprint density at radius 3 is 2.43 bits per heavy atom. The summed E-state index contributed by atoms with van der Waals surface area (Å²) in [6, 6.07) is 12.6. The van der Waals surface area contributed by atoms with Crippen molar-refractivity contribution >= 4 is 16.6 Å². The maximum Gasteiger partial charge on any atom is 0.274 e. The van der Waals surface area contributed by atoms with Gasteiger partial charge in [-0.2, -0.15) is 0 Å². The van der Waals surface area contributed by atoms with Crippen LogP contribution in [0.25, 0.3) is 10.9 Å². The molecule has 0 amide bonds. The van der Waals surface area contributed by atoms with E-state index in [0.717, 1.165) is 6.07 Å². The predicted octanol–water partition coefficient (Wildman–Crippen LogP) is 3.90. The van der Waals surface area contributed by atoms with Crippen LogP contribution in [0.3, 0.4) is 0 Å². The molecule has 0 aliphatic rings. The molecule has 0 unspecified atom stereocenters. The highest BCUT2D eigenvalue weighted by atomic mass is 19.1. The van der Waals surface area contributed by atoms with Crippen molar-refractivity contribution in [3.8, 4) is 0 Å². The number of aromatic nitrogens is 2. The van der Waals surface area contributed by atoms with Gasteiger partial charge in [0.05, 0.1) is 18.8 Å². The molecule has 0 spiro atoms. The monoisotopic (exact) mass is 383 g/mol. The topological polar surface area (TPSA) is 52.9 Å². The normalized spacial score (nSPS) is 11.2. The van der Waals surface area contributed by atoms with Gasteiger partial charge in [0, 0.05) is 34.4 Å². The van der Waals surface area contributed by atoms with Crippen molar-refractivity contribution in [3.63, 3.8) is 0 Å². The minimum absolute atomic E-state index is 0.105. The lowest BCUT2D eigenvalue weighted by molar-refractivity contribution is 0.564. The molecule has 0 bridgehead atoms. The summed E-state index contributed by atoms with van der Waals surface area (Å²) in [4.78, 5) is 12.3. The standard InChI is InChI=1S/C21H16F3N3O/c22-15-5-6-20-14(8-15)9-17(12-26-7-1-2-19(25)21(26)28)27(20)11-13-3-4-16(23)10-18(13)24/h1-10H,11-12,25H2. The molecule has 0 fully saturated rings. The zero-order chi connectivity index (χ0) is 19.8. The number of halogens is 3. The Morgan fingerprint density at radius 1 is 0.893 bits per heavy atom. The summed E-state index contributed by atoms with van der Waals surface area (Å²) in [5.74, 6) is -1.73. The van der Waals surface area contributed by atoms with Crippen molar-refractivity contribution in [3.05, 3.63) is 99.9 Å². The fourth-order valence-corrected chi connectivity index (χ4v) is 3.29. The molecule has 2 N–H and O–H groups in total. The molecule has 4 rings (SSSR count). The zero-order valence-electron chi connectivity index (χ0n) is 14.7. The van der Waals surface area contributed by atoms with E-state index >= 15 is 0 Å². The Morgan fingerprint density at radius 2 is 1.64 bits per heavy atom. The lowest BCUT2D eigenvalue weighted by Gasteiger charge is -2.13. The summed E-state index contributed by atoms with van der Waals surface area (Å²) in [5.41, 5.74) is 7.08. The largest absolute Gasteiger partial charge is 0.394 e. The van der Waals surface area contributed by atoms with E-state index in [4.69, 9.17) is 5.73 Å². The molecule has 28 heavy (non-hydrogen) atoms. The van der Waals surface area contributed by atoms with Gasteiger partial charge in [-0.05, 0) is 42.5 Å².